The predicted molar refractivity (Wildman–Crippen MR) is 127 cm³/mol. The minimum absolute atomic E-state index is 0.144. The van der Waals surface area contributed by atoms with Crippen LogP contribution in [0.25, 0.3) is 16.6 Å². The van der Waals surface area contributed by atoms with Gasteiger partial charge in [0.05, 0.1) is 34.6 Å². The Balaban J connectivity index is 1.74. The first-order chi connectivity index (χ1) is 15.5. The van der Waals surface area contributed by atoms with E-state index >= 15 is 0 Å². The number of hydrogen-bond donors (Lipinski definition) is 1. The lowest BCUT2D eigenvalue weighted by Gasteiger charge is -2.19. The SMILES string of the molecule is CC(Sc1nc2ccccc2c(=O)n1-c1ccccc1C(C)C)C(=O)NCc1ccco1. The third kappa shape index (κ3) is 4.48. The van der Waals surface area contributed by atoms with Gasteiger partial charge in [-0.05, 0) is 48.7 Å². The molecule has 7 heteroatoms. The number of amides is 1. The molecule has 0 saturated carbocycles. The summed E-state index contributed by atoms with van der Waals surface area (Å²) < 4.78 is 6.92. The maximum atomic E-state index is 13.6. The van der Waals surface area contributed by atoms with E-state index in [0.717, 1.165) is 11.3 Å². The Morgan fingerprint density at radius 1 is 1.06 bits per heavy atom. The third-order valence-corrected chi connectivity index (χ3v) is 6.27. The van der Waals surface area contributed by atoms with Crippen molar-refractivity contribution in [3.8, 4) is 5.69 Å². The smallest absolute Gasteiger partial charge is 0.266 e. The number of carbonyl (C=O) groups is 1. The van der Waals surface area contributed by atoms with Crippen molar-refractivity contribution in [3.63, 3.8) is 0 Å². The van der Waals surface area contributed by atoms with Crippen LogP contribution in [-0.2, 0) is 11.3 Å². The number of hydrogen-bond acceptors (Lipinski definition) is 5. The van der Waals surface area contributed by atoms with Crippen molar-refractivity contribution in [3.05, 3.63) is 88.6 Å². The predicted octanol–water partition coefficient (Wildman–Crippen LogP) is 4.90. The van der Waals surface area contributed by atoms with Crippen LogP contribution in [-0.4, -0.2) is 20.7 Å². The van der Waals surface area contributed by atoms with E-state index < -0.39 is 5.25 Å². The van der Waals surface area contributed by atoms with Gasteiger partial charge in [-0.15, -0.1) is 0 Å². The van der Waals surface area contributed by atoms with Gasteiger partial charge in [0.1, 0.15) is 5.76 Å². The number of furan rings is 1. The molecule has 0 aliphatic rings. The molecule has 1 atom stereocenters. The van der Waals surface area contributed by atoms with Gasteiger partial charge in [0, 0.05) is 0 Å². The lowest BCUT2D eigenvalue weighted by molar-refractivity contribution is -0.120. The average molecular weight is 448 g/mol. The molecule has 2 aromatic heterocycles. The van der Waals surface area contributed by atoms with Crippen LogP contribution in [0.2, 0.25) is 0 Å². The first-order valence-corrected chi connectivity index (χ1v) is 11.4. The number of nitrogens with zero attached hydrogens (tertiary/aromatic N) is 2. The van der Waals surface area contributed by atoms with Crippen molar-refractivity contribution >= 4 is 28.6 Å². The summed E-state index contributed by atoms with van der Waals surface area (Å²) in [6, 6.07) is 18.7. The van der Waals surface area contributed by atoms with Gasteiger partial charge in [-0.1, -0.05) is 55.9 Å². The Morgan fingerprint density at radius 2 is 1.81 bits per heavy atom. The van der Waals surface area contributed by atoms with Gasteiger partial charge < -0.3 is 9.73 Å². The molecule has 0 bridgehead atoms. The molecule has 2 aromatic carbocycles. The molecule has 1 amide bonds. The fraction of sp³-hybridized carbons (Fsp3) is 0.240. The van der Waals surface area contributed by atoms with Gasteiger partial charge in [0.2, 0.25) is 5.91 Å². The Kier molecular flexibility index (Phi) is 6.46. The lowest BCUT2D eigenvalue weighted by Crippen LogP contribution is -2.31. The molecule has 1 N–H and O–H groups in total. The van der Waals surface area contributed by atoms with Gasteiger partial charge in [0.25, 0.3) is 5.56 Å². The Bertz CT molecular complexity index is 1300. The highest BCUT2D eigenvalue weighted by Crippen LogP contribution is 2.29. The molecule has 0 aliphatic carbocycles. The van der Waals surface area contributed by atoms with Crippen molar-refractivity contribution in [2.24, 2.45) is 0 Å². The molecule has 0 aliphatic heterocycles. The molecule has 4 rings (SSSR count). The minimum atomic E-state index is -0.463. The summed E-state index contributed by atoms with van der Waals surface area (Å²) in [5.41, 5.74) is 2.30. The zero-order valence-corrected chi connectivity index (χ0v) is 19.1. The number of aromatic nitrogens is 2. The van der Waals surface area contributed by atoms with Crippen molar-refractivity contribution < 1.29 is 9.21 Å². The molecule has 6 nitrogen and oxygen atoms in total. The van der Waals surface area contributed by atoms with Crippen LogP contribution in [0.1, 0.15) is 38.0 Å². The Labute approximate surface area is 190 Å². The average Bonchev–Trinajstić information content (AvgIpc) is 3.31. The fourth-order valence-corrected chi connectivity index (χ4v) is 4.47. The molecule has 0 saturated heterocycles. The van der Waals surface area contributed by atoms with Gasteiger partial charge >= 0.3 is 0 Å². The largest absolute Gasteiger partial charge is 0.467 e. The fourth-order valence-electron chi connectivity index (χ4n) is 3.53. The highest BCUT2D eigenvalue weighted by atomic mass is 32.2. The first-order valence-electron chi connectivity index (χ1n) is 10.5. The molecule has 0 fully saturated rings. The van der Waals surface area contributed by atoms with Gasteiger partial charge in [-0.2, -0.15) is 0 Å². The van der Waals surface area contributed by atoms with Crippen LogP contribution in [0.4, 0.5) is 0 Å². The summed E-state index contributed by atoms with van der Waals surface area (Å²) in [5.74, 6) is 0.746. The van der Waals surface area contributed by atoms with E-state index in [4.69, 9.17) is 9.40 Å². The number of benzene rings is 2. The highest BCUT2D eigenvalue weighted by Gasteiger charge is 2.22. The highest BCUT2D eigenvalue weighted by molar-refractivity contribution is 8.00. The van der Waals surface area contributed by atoms with E-state index in [1.807, 2.05) is 55.5 Å². The topological polar surface area (TPSA) is 77.1 Å². The molecular weight excluding hydrogens is 422 g/mol. The zero-order chi connectivity index (χ0) is 22.7. The Morgan fingerprint density at radius 3 is 2.56 bits per heavy atom. The first kappa shape index (κ1) is 21.9. The second-order valence-corrected chi connectivity index (χ2v) is 9.13. The molecule has 1 unspecified atom stereocenters. The summed E-state index contributed by atoms with van der Waals surface area (Å²) in [6.45, 7) is 6.30. The van der Waals surface area contributed by atoms with E-state index in [1.165, 1.54) is 11.8 Å². The summed E-state index contributed by atoms with van der Waals surface area (Å²) in [6.07, 6.45) is 1.57. The van der Waals surface area contributed by atoms with Crippen LogP contribution in [0.3, 0.4) is 0 Å². The normalized spacial score (nSPS) is 12.2. The zero-order valence-electron chi connectivity index (χ0n) is 18.2. The molecule has 32 heavy (non-hydrogen) atoms. The molecule has 164 valence electrons. The maximum Gasteiger partial charge on any atom is 0.266 e. The second kappa shape index (κ2) is 9.44. The molecule has 4 aromatic rings. The van der Waals surface area contributed by atoms with Crippen LogP contribution < -0.4 is 10.9 Å². The van der Waals surface area contributed by atoms with Crippen molar-refractivity contribution in [2.75, 3.05) is 0 Å². The van der Waals surface area contributed by atoms with E-state index in [0.29, 0.717) is 28.4 Å². The molecule has 2 heterocycles. The van der Waals surface area contributed by atoms with Gasteiger partial charge in [-0.25, -0.2) is 4.98 Å². The summed E-state index contributed by atoms with van der Waals surface area (Å²) in [5, 5.41) is 3.45. The van der Waals surface area contributed by atoms with Crippen LogP contribution in [0.15, 0.2) is 81.3 Å². The number of nitrogens with one attached hydrogen (secondary N) is 1. The monoisotopic (exact) mass is 447 g/mol. The van der Waals surface area contributed by atoms with Crippen molar-refractivity contribution in [2.45, 2.75) is 43.6 Å². The molecule has 0 spiro atoms. The van der Waals surface area contributed by atoms with Crippen LogP contribution >= 0.6 is 11.8 Å². The summed E-state index contributed by atoms with van der Waals surface area (Å²) in [7, 11) is 0. The van der Waals surface area contributed by atoms with E-state index in [-0.39, 0.29) is 17.4 Å². The van der Waals surface area contributed by atoms with Gasteiger partial charge in [0.15, 0.2) is 5.16 Å². The van der Waals surface area contributed by atoms with Crippen molar-refractivity contribution in [1.82, 2.24) is 14.9 Å². The van der Waals surface area contributed by atoms with Crippen molar-refractivity contribution in [1.29, 1.82) is 0 Å². The standard InChI is InChI=1S/C25H25N3O3S/c1-16(2)19-10-5-7-13-22(19)28-24(30)20-11-4-6-12-21(20)27-25(28)32-17(3)23(29)26-15-18-9-8-14-31-18/h4-14,16-17H,15H2,1-3H3,(H,26,29). The number of thioether (sulfide) groups is 1. The lowest BCUT2D eigenvalue weighted by atomic mass is 10.0. The van der Waals surface area contributed by atoms with E-state index in [1.54, 1.807) is 23.0 Å². The number of para-hydroxylation sites is 2. The minimum Gasteiger partial charge on any atom is -0.467 e. The number of fused-ring (bicyclic) bond motifs is 1. The van der Waals surface area contributed by atoms with Crippen LogP contribution in [0, 0.1) is 0 Å². The summed E-state index contributed by atoms with van der Waals surface area (Å²) >= 11 is 1.27. The van der Waals surface area contributed by atoms with Gasteiger partial charge in [-0.3, -0.25) is 14.2 Å². The summed E-state index contributed by atoms with van der Waals surface area (Å²) in [4.78, 5) is 31.1. The van der Waals surface area contributed by atoms with E-state index in [9.17, 15) is 9.59 Å². The second-order valence-electron chi connectivity index (χ2n) is 7.82. The maximum absolute atomic E-state index is 13.6. The van der Waals surface area contributed by atoms with Crippen LogP contribution in [0.5, 0.6) is 0 Å². The molecular formula is C25H25N3O3S. The number of carbonyl (C=O) groups excluding carboxylic acids is 1. The quantitative estimate of drug-likeness (QED) is 0.322. The molecule has 0 radical (unpaired) electrons. The Hall–Kier alpha value is -3.32. The number of rotatable bonds is 7. The third-order valence-electron chi connectivity index (χ3n) is 5.21. The van der Waals surface area contributed by atoms with E-state index in [2.05, 4.69) is 19.2 Å².